The second-order valence-electron chi connectivity index (χ2n) is 8.83. The number of imidazole rings is 1. The standard InChI is InChI=1S/C22H25N7O4/c1-12(2)28-10-13(15-7-6-14(23)17-24-8-9-27(15)17)16-18(28)25-11-26-19(16)29(20(30)31)21(32)33-22(3,4)5/h6-12H,23H2,1-5H3,(H,30,31). The van der Waals surface area contributed by atoms with Crippen LogP contribution in [-0.2, 0) is 4.74 Å². The van der Waals surface area contributed by atoms with Gasteiger partial charge in [-0.05, 0) is 46.8 Å². The minimum absolute atomic E-state index is 0.00383. The molecule has 0 atom stereocenters. The third-order valence-corrected chi connectivity index (χ3v) is 4.98. The third kappa shape index (κ3) is 3.81. The SMILES string of the molecule is CC(C)n1cc(-c2ccc(N)c3nccn23)c2c(N(C(=O)O)C(=O)OC(C)(C)C)ncnc21. The topological polar surface area (TPSA) is 141 Å². The number of fused-ring (bicyclic) bond motifs is 2. The van der Waals surface area contributed by atoms with Gasteiger partial charge in [0.25, 0.3) is 0 Å². The second-order valence-corrected chi connectivity index (χ2v) is 8.83. The molecule has 0 saturated heterocycles. The third-order valence-electron chi connectivity index (χ3n) is 4.98. The summed E-state index contributed by atoms with van der Waals surface area (Å²) in [6, 6.07) is 3.53. The Morgan fingerprint density at radius 3 is 2.52 bits per heavy atom. The molecule has 4 aromatic rings. The van der Waals surface area contributed by atoms with Crippen molar-refractivity contribution in [2.75, 3.05) is 10.6 Å². The van der Waals surface area contributed by atoms with Crippen molar-refractivity contribution in [1.82, 2.24) is 23.9 Å². The van der Waals surface area contributed by atoms with Crippen LogP contribution in [0.1, 0.15) is 40.7 Å². The van der Waals surface area contributed by atoms with Gasteiger partial charge in [0.2, 0.25) is 0 Å². The number of hydrogen-bond acceptors (Lipinski definition) is 7. The molecule has 172 valence electrons. The number of aromatic nitrogens is 5. The van der Waals surface area contributed by atoms with Crippen LogP contribution in [0.2, 0.25) is 0 Å². The summed E-state index contributed by atoms with van der Waals surface area (Å²) in [5.41, 5.74) is 8.00. The van der Waals surface area contributed by atoms with Gasteiger partial charge in [0.15, 0.2) is 11.5 Å². The molecule has 33 heavy (non-hydrogen) atoms. The van der Waals surface area contributed by atoms with Crippen LogP contribution in [0.15, 0.2) is 37.1 Å². The Hall–Kier alpha value is -4.15. The van der Waals surface area contributed by atoms with Gasteiger partial charge >= 0.3 is 12.2 Å². The maximum absolute atomic E-state index is 12.9. The molecular formula is C22H25N7O4. The van der Waals surface area contributed by atoms with Crippen molar-refractivity contribution in [3.63, 3.8) is 0 Å². The van der Waals surface area contributed by atoms with Gasteiger partial charge in [-0.3, -0.25) is 4.40 Å². The van der Waals surface area contributed by atoms with E-state index >= 15 is 0 Å². The summed E-state index contributed by atoms with van der Waals surface area (Å²) in [6.07, 6.45) is 3.90. The average molecular weight is 451 g/mol. The van der Waals surface area contributed by atoms with Gasteiger partial charge in [-0.25, -0.2) is 24.5 Å². The fourth-order valence-electron chi connectivity index (χ4n) is 3.64. The van der Waals surface area contributed by atoms with Crippen LogP contribution in [0.25, 0.3) is 27.9 Å². The van der Waals surface area contributed by atoms with Crippen molar-refractivity contribution in [3.8, 4) is 11.3 Å². The number of nitrogens with two attached hydrogens (primary N) is 1. The Labute approximate surface area is 189 Å². The Bertz CT molecular complexity index is 1380. The van der Waals surface area contributed by atoms with Gasteiger partial charge in [0.1, 0.15) is 17.6 Å². The van der Waals surface area contributed by atoms with Crippen molar-refractivity contribution < 1.29 is 19.4 Å². The van der Waals surface area contributed by atoms with Gasteiger partial charge in [-0.2, -0.15) is 4.90 Å². The molecule has 0 aliphatic rings. The number of amides is 2. The quantitative estimate of drug-likeness (QED) is 0.469. The van der Waals surface area contributed by atoms with Crippen LogP contribution >= 0.6 is 0 Å². The van der Waals surface area contributed by atoms with Crippen LogP contribution in [-0.4, -0.2) is 46.8 Å². The number of nitrogen functional groups attached to an aromatic ring is 1. The van der Waals surface area contributed by atoms with E-state index in [0.717, 1.165) is 0 Å². The van der Waals surface area contributed by atoms with Crippen molar-refractivity contribution in [1.29, 1.82) is 0 Å². The zero-order chi connectivity index (χ0) is 24.1. The molecule has 0 aromatic carbocycles. The number of anilines is 2. The molecular weight excluding hydrogens is 426 g/mol. The van der Waals surface area contributed by atoms with Crippen molar-refractivity contribution in [2.24, 2.45) is 0 Å². The fourth-order valence-corrected chi connectivity index (χ4v) is 3.64. The van der Waals surface area contributed by atoms with Gasteiger partial charge in [0.05, 0.1) is 16.8 Å². The molecule has 11 nitrogen and oxygen atoms in total. The number of imide groups is 1. The number of rotatable bonds is 3. The highest BCUT2D eigenvalue weighted by molar-refractivity contribution is 6.15. The Morgan fingerprint density at radius 2 is 1.88 bits per heavy atom. The summed E-state index contributed by atoms with van der Waals surface area (Å²) in [7, 11) is 0. The first-order valence-electron chi connectivity index (χ1n) is 10.3. The maximum Gasteiger partial charge on any atom is 0.425 e. The van der Waals surface area contributed by atoms with Crippen LogP contribution in [0, 0.1) is 0 Å². The number of carboxylic acid groups (broad SMARTS) is 1. The molecule has 0 radical (unpaired) electrons. The lowest BCUT2D eigenvalue weighted by Crippen LogP contribution is -2.40. The Balaban J connectivity index is 2.05. The minimum atomic E-state index is -1.52. The minimum Gasteiger partial charge on any atom is -0.464 e. The average Bonchev–Trinajstić information content (AvgIpc) is 3.33. The first kappa shape index (κ1) is 22.1. The highest BCUT2D eigenvalue weighted by Crippen LogP contribution is 2.38. The summed E-state index contributed by atoms with van der Waals surface area (Å²) in [4.78, 5) is 38.5. The second kappa shape index (κ2) is 7.76. The first-order chi connectivity index (χ1) is 15.5. The summed E-state index contributed by atoms with van der Waals surface area (Å²) in [5.74, 6) is -0.0961. The molecule has 0 spiro atoms. The van der Waals surface area contributed by atoms with E-state index in [0.29, 0.717) is 38.5 Å². The van der Waals surface area contributed by atoms with Gasteiger partial charge in [-0.15, -0.1) is 0 Å². The molecule has 4 heterocycles. The van der Waals surface area contributed by atoms with Crippen LogP contribution in [0.4, 0.5) is 21.1 Å². The van der Waals surface area contributed by atoms with E-state index in [4.69, 9.17) is 10.5 Å². The highest BCUT2D eigenvalue weighted by atomic mass is 16.6. The number of hydrogen-bond donors (Lipinski definition) is 2. The lowest BCUT2D eigenvalue weighted by molar-refractivity contribution is 0.0581. The number of carbonyl (C=O) groups excluding carboxylic acids is 1. The van der Waals surface area contributed by atoms with Crippen LogP contribution in [0.3, 0.4) is 0 Å². The summed E-state index contributed by atoms with van der Waals surface area (Å²) in [6.45, 7) is 8.93. The van der Waals surface area contributed by atoms with E-state index in [1.54, 1.807) is 49.7 Å². The van der Waals surface area contributed by atoms with Gasteiger partial charge in [-0.1, -0.05) is 0 Å². The van der Waals surface area contributed by atoms with Crippen molar-refractivity contribution in [2.45, 2.75) is 46.3 Å². The lowest BCUT2D eigenvalue weighted by atomic mass is 10.1. The maximum atomic E-state index is 12.9. The van der Waals surface area contributed by atoms with E-state index in [1.165, 1.54) is 6.33 Å². The van der Waals surface area contributed by atoms with E-state index in [1.807, 2.05) is 24.6 Å². The van der Waals surface area contributed by atoms with Gasteiger partial charge < -0.3 is 20.1 Å². The zero-order valence-electron chi connectivity index (χ0n) is 19.0. The van der Waals surface area contributed by atoms with E-state index < -0.39 is 17.8 Å². The highest BCUT2D eigenvalue weighted by Gasteiger charge is 2.33. The van der Waals surface area contributed by atoms with Gasteiger partial charge in [0, 0.05) is 30.2 Å². The predicted molar refractivity (Wildman–Crippen MR) is 123 cm³/mol. The van der Waals surface area contributed by atoms with E-state index in [9.17, 15) is 14.7 Å². The molecule has 2 amide bonds. The molecule has 0 unspecified atom stereocenters. The smallest absolute Gasteiger partial charge is 0.425 e. The number of pyridine rings is 1. The van der Waals surface area contributed by atoms with E-state index in [2.05, 4.69) is 15.0 Å². The zero-order valence-corrected chi connectivity index (χ0v) is 19.0. The number of nitrogens with zero attached hydrogens (tertiary/aromatic N) is 6. The molecule has 0 saturated carbocycles. The van der Waals surface area contributed by atoms with Crippen molar-refractivity contribution >= 4 is 40.4 Å². The molecule has 0 bridgehead atoms. The summed E-state index contributed by atoms with van der Waals surface area (Å²) in [5, 5.41) is 10.3. The molecule has 3 N–H and O–H groups in total. The normalized spacial score (nSPS) is 11.9. The van der Waals surface area contributed by atoms with Crippen LogP contribution in [0.5, 0.6) is 0 Å². The molecule has 0 fully saturated rings. The fraction of sp³-hybridized carbons (Fsp3) is 0.318. The molecule has 4 rings (SSSR count). The molecule has 11 heteroatoms. The monoisotopic (exact) mass is 451 g/mol. The number of ether oxygens (including phenoxy) is 1. The summed E-state index contributed by atoms with van der Waals surface area (Å²) >= 11 is 0. The molecule has 4 aromatic heterocycles. The van der Waals surface area contributed by atoms with Crippen molar-refractivity contribution in [3.05, 3.63) is 37.1 Å². The van der Waals surface area contributed by atoms with E-state index in [-0.39, 0.29) is 11.9 Å². The van der Waals surface area contributed by atoms with Crippen LogP contribution < -0.4 is 10.6 Å². The molecule has 0 aliphatic heterocycles. The molecule has 0 aliphatic carbocycles. The largest absolute Gasteiger partial charge is 0.464 e. The lowest BCUT2D eigenvalue weighted by Gasteiger charge is -2.24. The first-order valence-corrected chi connectivity index (χ1v) is 10.3. The number of carbonyl (C=O) groups is 2. The summed E-state index contributed by atoms with van der Waals surface area (Å²) < 4.78 is 9.03. The Kier molecular flexibility index (Phi) is 5.19. The Morgan fingerprint density at radius 1 is 1.15 bits per heavy atom. The predicted octanol–water partition coefficient (Wildman–Crippen LogP) is 4.33.